The quantitative estimate of drug-likeness (QED) is 0.136. The molecule has 38 heavy (non-hydrogen) atoms. The number of benzene rings is 3. The third kappa shape index (κ3) is 6.69. The Bertz CT molecular complexity index is 1490. The molecule has 0 radical (unpaired) electrons. The topological polar surface area (TPSA) is 61.8 Å². The molecule has 5 nitrogen and oxygen atoms in total. The minimum atomic E-state index is -0.534. The summed E-state index contributed by atoms with van der Waals surface area (Å²) < 4.78 is 18.1. The lowest BCUT2D eigenvalue weighted by Crippen LogP contribution is -2.22. The maximum absolute atomic E-state index is 12.0. The summed E-state index contributed by atoms with van der Waals surface area (Å²) in [5, 5.41) is 0.938. The molecule has 0 saturated carbocycles. The van der Waals surface area contributed by atoms with Crippen molar-refractivity contribution < 1.29 is 23.8 Å². The monoisotopic (exact) mass is 528 g/mol. The molecule has 0 atom stereocenters. The molecule has 6 heteroatoms. The Hall–Kier alpha value is -3.90. The summed E-state index contributed by atoms with van der Waals surface area (Å²) in [5.41, 5.74) is 2.67. The Morgan fingerprint density at radius 3 is 2.26 bits per heavy atom. The van der Waals surface area contributed by atoms with Crippen LogP contribution in [0.3, 0.4) is 0 Å². The second kappa shape index (κ2) is 11.2. The number of thiophene rings is 1. The van der Waals surface area contributed by atoms with Crippen molar-refractivity contribution in [3.8, 4) is 27.7 Å². The number of carbonyl (C=O) groups is 2. The van der Waals surface area contributed by atoms with Crippen LogP contribution in [-0.2, 0) is 14.3 Å². The molecule has 0 saturated heterocycles. The molecule has 0 aliphatic heterocycles. The van der Waals surface area contributed by atoms with Gasteiger partial charge in [-0.25, -0.2) is 4.79 Å². The highest BCUT2D eigenvalue weighted by molar-refractivity contribution is 7.22. The first-order valence-corrected chi connectivity index (χ1v) is 13.3. The fourth-order valence-electron chi connectivity index (χ4n) is 4.03. The van der Waals surface area contributed by atoms with E-state index in [1.807, 2.05) is 63.2 Å². The van der Waals surface area contributed by atoms with E-state index in [1.54, 1.807) is 23.5 Å². The maximum Gasteiger partial charge on any atom is 0.331 e. The number of ether oxygens (including phenoxy) is 3. The number of fused-ring (bicyclic) bond motifs is 1. The van der Waals surface area contributed by atoms with Gasteiger partial charge in [-0.2, -0.15) is 0 Å². The number of hydrogen-bond acceptors (Lipinski definition) is 6. The minimum absolute atomic E-state index is 0.330. The van der Waals surface area contributed by atoms with Gasteiger partial charge in [0.25, 0.3) is 0 Å². The molecule has 0 amide bonds. The van der Waals surface area contributed by atoms with Crippen LogP contribution in [0.25, 0.3) is 26.6 Å². The van der Waals surface area contributed by atoms with Crippen LogP contribution in [-0.4, -0.2) is 17.5 Å². The van der Waals surface area contributed by atoms with Crippen LogP contribution in [0.5, 0.6) is 17.2 Å². The molecule has 4 aromatic rings. The highest BCUT2D eigenvalue weighted by atomic mass is 32.1. The van der Waals surface area contributed by atoms with Gasteiger partial charge in [0.1, 0.15) is 17.1 Å². The van der Waals surface area contributed by atoms with Crippen LogP contribution in [0.2, 0.25) is 0 Å². The van der Waals surface area contributed by atoms with Crippen molar-refractivity contribution in [1.82, 2.24) is 0 Å². The van der Waals surface area contributed by atoms with Gasteiger partial charge in [0.15, 0.2) is 5.75 Å². The van der Waals surface area contributed by atoms with Crippen molar-refractivity contribution in [3.63, 3.8) is 0 Å². The molecule has 0 fully saturated rings. The van der Waals surface area contributed by atoms with E-state index in [-0.39, 0.29) is 11.9 Å². The summed E-state index contributed by atoms with van der Waals surface area (Å²) in [6.45, 7) is 11.3. The lowest BCUT2D eigenvalue weighted by atomic mass is 9.96. The molecular weight excluding hydrogens is 496 g/mol. The van der Waals surface area contributed by atoms with E-state index in [0.29, 0.717) is 17.4 Å². The molecule has 3 aromatic carbocycles. The zero-order valence-corrected chi connectivity index (χ0v) is 23.3. The first-order valence-electron chi connectivity index (χ1n) is 12.5. The molecule has 196 valence electrons. The predicted molar refractivity (Wildman–Crippen MR) is 154 cm³/mol. The van der Waals surface area contributed by atoms with E-state index >= 15 is 0 Å². The molecule has 0 aliphatic carbocycles. The summed E-state index contributed by atoms with van der Waals surface area (Å²) in [6, 6.07) is 21.5. The van der Waals surface area contributed by atoms with Gasteiger partial charge >= 0.3 is 11.9 Å². The molecular formula is C32H32O5S. The van der Waals surface area contributed by atoms with Crippen LogP contribution in [0.1, 0.15) is 58.6 Å². The summed E-state index contributed by atoms with van der Waals surface area (Å²) >= 11 is 1.61. The molecule has 0 unspecified atom stereocenters. The average Bonchev–Trinajstić information content (AvgIpc) is 3.19. The molecule has 0 spiro atoms. The second-order valence-electron chi connectivity index (χ2n) is 10.3. The van der Waals surface area contributed by atoms with Crippen LogP contribution < -0.4 is 9.47 Å². The number of rotatable bonds is 7. The van der Waals surface area contributed by atoms with Crippen LogP contribution in [0.15, 0.2) is 72.8 Å². The van der Waals surface area contributed by atoms with Crippen LogP contribution in [0.4, 0.5) is 0 Å². The standard InChI is InChI=1S/C32H32O5S/c1-20(2)25-9-7-8-10-26(25)31-30(27-17-16-24(35-21(3)33)19-28(27)38-31)36-23-14-11-22(12-15-23)13-18-29(34)37-32(4,5)6/h7-20H,1-6H3. The first kappa shape index (κ1) is 27.1. The molecule has 1 heterocycles. The van der Waals surface area contributed by atoms with Gasteiger partial charge in [0.05, 0.1) is 4.88 Å². The van der Waals surface area contributed by atoms with Gasteiger partial charge < -0.3 is 14.2 Å². The number of esters is 2. The third-order valence-corrected chi connectivity index (χ3v) is 6.79. The fourth-order valence-corrected chi connectivity index (χ4v) is 5.24. The zero-order chi connectivity index (χ0) is 27.4. The Morgan fingerprint density at radius 1 is 0.921 bits per heavy atom. The Balaban J connectivity index is 1.70. The summed E-state index contributed by atoms with van der Waals surface area (Å²) in [5.74, 6) is 1.52. The van der Waals surface area contributed by atoms with E-state index < -0.39 is 5.60 Å². The van der Waals surface area contributed by atoms with E-state index in [9.17, 15) is 9.59 Å². The van der Waals surface area contributed by atoms with E-state index in [4.69, 9.17) is 14.2 Å². The second-order valence-corrected chi connectivity index (χ2v) is 11.3. The van der Waals surface area contributed by atoms with Gasteiger partial charge in [-0.3, -0.25) is 4.79 Å². The van der Waals surface area contributed by atoms with Crippen molar-refractivity contribution in [3.05, 3.63) is 83.9 Å². The molecule has 1 aromatic heterocycles. The van der Waals surface area contributed by atoms with E-state index in [1.165, 1.54) is 18.6 Å². The van der Waals surface area contributed by atoms with Crippen molar-refractivity contribution in [2.24, 2.45) is 0 Å². The van der Waals surface area contributed by atoms with Crippen molar-refractivity contribution in [1.29, 1.82) is 0 Å². The van der Waals surface area contributed by atoms with Crippen molar-refractivity contribution >= 4 is 39.4 Å². The van der Waals surface area contributed by atoms with Gasteiger partial charge in [-0.15, -0.1) is 11.3 Å². The number of hydrogen-bond donors (Lipinski definition) is 0. The summed E-state index contributed by atoms with van der Waals surface area (Å²) in [4.78, 5) is 24.5. The Labute approximate surface area is 227 Å². The van der Waals surface area contributed by atoms with E-state index in [0.717, 1.165) is 31.8 Å². The molecule has 0 bridgehead atoms. The Kier molecular flexibility index (Phi) is 8.02. The lowest BCUT2D eigenvalue weighted by molar-refractivity contribution is -0.148. The highest BCUT2D eigenvalue weighted by Crippen LogP contribution is 2.48. The lowest BCUT2D eigenvalue weighted by Gasteiger charge is -2.17. The Morgan fingerprint density at radius 2 is 1.61 bits per heavy atom. The van der Waals surface area contributed by atoms with Crippen molar-refractivity contribution in [2.75, 3.05) is 0 Å². The van der Waals surface area contributed by atoms with Crippen LogP contribution in [0, 0.1) is 0 Å². The van der Waals surface area contributed by atoms with Gasteiger partial charge in [-0.1, -0.05) is 50.2 Å². The average molecular weight is 529 g/mol. The number of carbonyl (C=O) groups excluding carboxylic acids is 2. The van der Waals surface area contributed by atoms with Gasteiger partial charge in [-0.05, 0) is 79.8 Å². The summed E-state index contributed by atoms with van der Waals surface area (Å²) in [6.07, 6.45) is 3.15. The molecule has 0 aliphatic rings. The smallest absolute Gasteiger partial charge is 0.331 e. The molecule has 0 N–H and O–H groups in total. The van der Waals surface area contributed by atoms with E-state index in [2.05, 4.69) is 32.0 Å². The predicted octanol–water partition coefficient (Wildman–Crippen LogP) is 8.76. The van der Waals surface area contributed by atoms with Crippen molar-refractivity contribution in [2.45, 2.75) is 53.1 Å². The highest BCUT2D eigenvalue weighted by Gasteiger charge is 2.20. The zero-order valence-electron chi connectivity index (χ0n) is 22.5. The first-order chi connectivity index (χ1) is 18.0. The third-order valence-electron chi connectivity index (χ3n) is 5.62. The SMILES string of the molecule is CC(=O)Oc1ccc2c(Oc3ccc(C=CC(=O)OC(C)(C)C)cc3)c(-c3ccccc3C(C)C)sc2c1. The fraction of sp³-hybridized carbons (Fsp3) is 0.250. The normalized spacial score (nSPS) is 11.8. The van der Waals surface area contributed by atoms with Gasteiger partial charge in [0.2, 0.25) is 0 Å². The maximum atomic E-state index is 12.0. The summed E-state index contributed by atoms with van der Waals surface area (Å²) in [7, 11) is 0. The van der Waals surface area contributed by atoms with Gasteiger partial charge in [0, 0.05) is 23.1 Å². The largest absolute Gasteiger partial charge is 0.457 e. The van der Waals surface area contributed by atoms with Crippen LogP contribution >= 0.6 is 11.3 Å². The minimum Gasteiger partial charge on any atom is -0.457 e. The molecule has 4 rings (SSSR count).